The molecule has 1 fully saturated rings. The van der Waals surface area contributed by atoms with Gasteiger partial charge in [-0.25, -0.2) is 13.8 Å². The lowest BCUT2D eigenvalue weighted by Gasteiger charge is -2.30. The van der Waals surface area contributed by atoms with Crippen LogP contribution in [0, 0.1) is 5.92 Å². The number of carbonyl (C=O) groups excluding carboxylic acids is 1. The molecule has 160 valence electrons. The average molecular weight is 428 g/mol. The highest BCUT2D eigenvalue weighted by Crippen LogP contribution is 2.24. The quantitative estimate of drug-likeness (QED) is 0.586. The summed E-state index contributed by atoms with van der Waals surface area (Å²) in [5, 5.41) is 4.07. The number of benzene rings is 2. The van der Waals surface area contributed by atoms with Crippen molar-refractivity contribution >= 4 is 22.1 Å². The SMILES string of the molecule is CC(C)(C)c1ccc(/C=N\NC(=O)C2CCN(S(=O)(=O)c3ccccc3)CC2)cc1. The summed E-state index contributed by atoms with van der Waals surface area (Å²) in [6.45, 7) is 7.13. The first-order chi connectivity index (χ1) is 14.2. The van der Waals surface area contributed by atoms with Gasteiger partial charge in [0.1, 0.15) is 0 Å². The molecule has 0 aromatic heterocycles. The van der Waals surface area contributed by atoms with Crippen molar-refractivity contribution in [2.75, 3.05) is 13.1 Å². The van der Waals surface area contributed by atoms with Crippen molar-refractivity contribution < 1.29 is 13.2 Å². The summed E-state index contributed by atoms with van der Waals surface area (Å²) in [4.78, 5) is 12.7. The summed E-state index contributed by atoms with van der Waals surface area (Å²) in [5.74, 6) is -0.415. The van der Waals surface area contributed by atoms with Crippen molar-refractivity contribution in [3.63, 3.8) is 0 Å². The second-order valence-electron chi connectivity index (χ2n) is 8.60. The molecular formula is C23H29N3O3S. The molecule has 6 nitrogen and oxygen atoms in total. The molecule has 1 aliphatic rings. The zero-order valence-corrected chi connectivity index (χ0v) is 18.5. The average Bonchev–Trinajstić information content (AvgIpc) is 2.74. The molecule has 1 saturated heterocycles. The summed E-state index contributed by atoms with van der Waals surface area (Å²) in [7, 11) is -3.51. The second kappa shape index (κ2) is 9.10. The fourth-order valence-electron chi connectivity index (χ4n) is 3.43. The lowest BCUT2D eigenvalue weighted by atomic mass is 9.87. The largest absolute Gasteiger partial charge is 0.273 e. The standard InChI is InChI=1S/C23H29N3O3S/c1-23(2,3)20-11-9-18(10-12-20)17-24-25-22(27)19-13-15-26(16-14-19)30(28,29)21-7-5-4-6-8-21/h4-12,17,19H,13-16H2,1-3H3,(H,25,27)/b24-17-. The number of hydrazone groups is 1. The summed E-state index contributed by atoms with van der Waals surface area (Å²) in [6.07, 6.45) is 2.58. The van der Waals surface area contributed by atoms with Gasteiger partial charge >= 0.3 is 0 Å². The van der Waals surface area contributed by atoms with E-state index in [0.29, 0.717) is 25.9 Å². The van der Waals surface area contributed by atoms with Crippen LogP contribution in [0.1, 0.15) is 44.7 Å². The molecule has 0 atom stereocenters. The van der Waals surface area contributed by atoms with Crippen LogP contribution in [0.3, 0.4) is 0 Å². The molecule has 2 aromatic carbocycles. The van der Waals surface area contributed by atoms with Gasteiger partial charge in [0.15, 0.2) is 0 Å². The Bertz CT molecular complexity index is 986. The van der Waals surface area contributed by atoms with Crippen LogP contribution in [0.2, 0.25) is 0 Å². The van der Waals surface area contributed by atoms with Gasteiger partial charge < -0.3 is 0 Å². The van der Waals surface area contributed by atoms with Gasteiger partial charge in [-0.2, -0.15) is 9.41 Å². The summed E-state index contributed by atoms with van der Waals surface area (Å²) in [6, 6.07) is 16.5. The number of sulfonamides is 1. The van der Waals surface area contributed by atoms with Crippen LogP contribution in [0.25, 0.3) is 0 Å². The molecule has 0 aliphatic carbocycles. The van der Waals surface area contributed by atoms with E-state index in [1.807, 2.05) is 12.1 Å². The first kappa shape index (κ1) is 22.2. The van der Waals surface area contributed by atoms with Crippen molar-refractivity contribution in [2.45, 2.75) is 43.9 Å². The Labute approximate surface area is 179 Å². The molecule has 1 aliphatic heterocycles. The Balaban J connectivity index is 1.51. The molecule has 2 aromatic rings. The zero-order chi connectivity index (χ0) is 21.8. The molecule has 1 heterocycles. The van der Waals surface area contributed by atoms with Gasteiger partial charge in [0.2, 0.25) is 15.9 Å². The fourth-order valence-corrected chi connectivity index (χ4v) is 4.92. The van der Waals surface area contributed by atoms with Crippen molar-refractivity contribution in [3.8, 4) is 0 Å². The first-order valence-electron chi connectivity index (χ1n) is 10.2. The number of hydrogen-bond acceptors (Lipinski definition) is 4. The van der Waals surface area contributed by atoms with Gasteiger partial charge in [-0.3, -0.25) is 4.79 Å². The molecular weight excluding hydrogens is 398 g/mol. The Kier molecular flexibility index (Phi) is 6.73. The number of piperidine rings is 1. The molecule has 0 unspecified atom stereocenters. The van der Waals surface area contributed by atoms with Gasteiger partial charge in [-0.15, -0.1) is 0 Å². The second-order valence-corrected chi connectivity index (χ2v) is 10.5. The first-order valence-corrected chi connectivity index (χ1v) is 11.6. The summed E-state index contributed by atoms with van der Waals surface area (Å²) in [5.41, 5.74) is 4.83. The molecule has 30 heavy (non-hydrogen) atoms. The number of amides is 1. The van der Waals surface area contributed by atoms with Crippen LogP contribution < -0.4 is 5.43 Å². The lowest BCUT2D eigenvalue weighted by Crippen LogP contribution is -2.42. The van der Waals surface area contributed by atoms with Crippen LogP contribution in [0.15, 0.2) is 64.6 Å². The molecule has 0 bridgehead atoms. The van der Waals surface area contributed by atoms with E-state index in [1.54, 1.807) is 36.5 Å². The maximum absolute atomic E-state index is 12.7. The number of carbonyl (C=O) groups is 1. The Morgan fingerprint density at radius 3 is 2.20 bits per heavy atom. The van der Waals surface area contributed by atoms with E-state index in [9.17, 15) is 13.2 Å². The molecule has 1 N–H and O–H groups in total. The highest BCUT2D eigenvalue weighted by molar-refractivity contribution is 7.89. The summed E-state index contributed by atoms with van der Waals surface area (Å²) < 4.78 is 26.8. The zero-order valence-electron chi connectivity index (χ0n) is 17.7. The molecule has 7 heteroatoms. The van der Waals surface area contributed by atoms with Crippen molar-refractivity contribution in [3.05, 3.63) is 65.7 Å². The Morgan fingerprint density at radius 1 is 1.03 bits per heavy atom. The van der Waals surface area contributed by atoms with E-state index < -0.39 is 10.0 Å². The third-order valence-corrected chi connectivity index (χ3v) is 7.28. The Hall–Kier alpha value is -2.51. The van der Waals surface area contributed by atoms with Crippen LogP contribution in [0.5, 0.6) is 0 Å². The minimum atomic E-state index is -3.51. The maximum atomic E-state index is 12.7. The topological polar surface area (TPSA) is 78.8 Å². The van der Waals surface area contributed by atoms with Crippen molar-refractivity contribution in [2.24, 2.45) is 11.0 Å². The predicted octanol–water partition coefficient (Wildman–Crippen LogP) is 3.54. The number of nitrogens with one attached hydrogen (secondary N) is 1. The normalized spacial score (nSPS) is 16.6. The van der Waals surface area contributed by atoms with Gasteiger partial charge in [-0.05, 0) is 41.5 Å². The molecule has 3 rings (SSSR count). The van der Waals surface area contributed by atoms with Crippen molar-refractivity contribution in [1.82, 2.24) is 9.73 Å². The summed E-state index contributed by atoms with van der Waals surface area (Å²) >= 11 is 0. The van der Waals surface area contributed by atoms with E-state index in [1.165, 1.54) is 9.87 Å². The highest BCUT2D eigenvalue weighted by atomic mass is 32.2. The van der Waals surface area contributed by atoms with Gasteiger partial charge in [0, 0.05) is 19.0 Å². The molecule has 0 radical (unpaired) electrons. The van der Waals surface area contributed by atoms with Crippen LogP contribution >= 0.6 is 0 Å². The molecule has 1 amide bonds. The van der Waals surface area contributed by atoms with E-state index in [4.69, 9.17) is 0 Å². The van der Waals surface area contributed by atoms with E-state index >= 15 is 0 Å². The number of rotatable bonds is 5. The van der Waals surface area contributed by atoms with Crippen LogP contribution in [0.4, 0.5) is 0 Å². The predicted molar refractivity (Wildman–Crippen MR) is 119 cm³/mol. The van der Waals surface area contributed by atoms with Gasteiger partial charge in [0.25, 0.3) is 0 Å². The number of hydrogen-bond donors (Lipinski definition) is 1. The number of nitrogens with zero attached hydrogens (tertiary/aromatic N) is 2. The van der Waals surface area contributed by atoms with E-state index in [0.717, 1.165) is 5.56 Å². The maximum Gasteiger partial charge on any atom is 0.243 e. The van der Waals surface area contributed by atoms with E-state index in [-0.39, 0.29) is 22.1 Å². The minimum Gasteiger partial charge on any atom is -0.273 e. The molecule has 0 saturated carbocycles. The van der Waals surface area contributed by atoms with Crippen molar-refractivity contribution in [1.29, 1.82) is 0 Å². The lowest BCUT2D eigenvalue weighted by molar-refractivity contribution is -0.126. The highest BCUT2D eigenvalue weighted by Gasteiger charge is 2.31. The van der Waals surface area contributed by atoms with Gasteiger partial charge in [-0.1, -0.05) is 63.2 Å². The smallest absolute Gasteiger partial charge is 0.243 e. The van der Waals surface area contributed by atoms with Gasteiger partial charge in [0.05, 0.1) is 11.1 Å². The third kappa shape index (κ3) is 5.34. The Morgan fingerprint density at radius 2 is 1.63 bits per heavy atom. The third-order valence-electron chi connectivity index (χ3n) is 5.37. The van der Waals surface area contributed by atoms with Crippen LogP contribution in [-0.4, -0.2) is 37.9 Å². The monoisotopic (exact) mass is 427 g/mol. The van der Waals surface area contributed by atoms with E-state index in [2.05, 4.69) is 43.4 Å². The molecule has 0 spiro atoms. The fraction of sp³-hybridized carbons (Fsp3) is 0.391. The minimum absolute atomic E-state index is 0.0900. The van der Waals surface area contributed by atoms with Crippen LogP contribution in [-0.2, 0) is 20.2 Å².